The molecule has 0 unspecified atom stereocenters. The summed E-state index contributed by atoms with van der Waals surface area (Å²) in [6.07, 6.45) is 2.89. The number of rotatable bonds is 4. The topological polar surface area (TPSA) is 118 Å². The molecule has 0 saturated carbocycles. The number of carbonyl (C=O) groups excluding carboxylic acids is 2. The Hall–Kier alpha value is -2.71. The molecule has 0 aliphatic carbocycles. The van der Waals surface area contributed by atoms with Crippen molar-refractivity contribution in [2.45, 2.75) is 13.5 Å². The smallest absolute Gasteiger partial charge is 0.249 e. The van der Waals surface area contributed by atoms with Gasteiger partial charge in [-0.3, -0.25) is 14.7 Å². The quantitative estimate of drug-likeness (QED) is 0.681. The summed E-state index contributed by atoms with van der Waals surface area (Å²) in [5.74, 6) is 0.249. The van der Waals surface area contributed by atoms with E-state index in [1.807, 2.05) is 0 Å². The maximum Gasteiger partial charge on any atom is 0.249 e. The van der Waals surface area contributed by atoms with E-state index in [4.69, 9.17) is 0 Å². The van der Waals surface area contributed by atoms with Crippen LogP contribution in [0.1, 0.15) is 6.92 Å². The van der Waals surface area contributed by atoms with Crippen LogP contribution in [0.4, 0.5) is 11.6 Å². The molecule has 2 aromatic rings. The van der Waals surface area contributed by atoms with Crippen LogP contribution in [-0.4, -0.2) is 37.0 Å². The van der Waals surface area contributed by atoms with E-state index in [2.05, 4.69) is 31.0 Å². The summed E-state index contributed by atoms with van der Waals surface area (Å²) in [6.45, 7) is 1.31. The molecule has 0 radical (unpaired) electrons. The van der Waals surface area contributed by atoms with E-state index in [0.29, 0.717) is 11.6 Å². The van der Waals surface area contributed by atoms with Crippen molar-refractivity contribution in [3.8, 4) is 0 Å². The predicted octanol–water partition coefficient (Wildman–Crippen LogP) is -0.402. The lowest BCUT2D eigenvalue weighted by Gasteiger charge is -2.01. The van der Waals surface area contributed by atoms with Crippen LogP contribution in [0.15, 0.2) is 18.5 Å². The lowest BCUT2D eigenvalue weighted by atomic mass is 10.5. The summed E-state index contributed by atoms with van der Waals surface area (Å²) in [5, 5.41) is 19.1. The molecule has 2 heterocycles. The minimum absolute atomic E-state index is 0.0569. The fourth-order valence-electron chi connectivity index (χ4n) is 1.25. The van der Waals surface area contributed by atoms with Gasteiger partial charge in [0.05, 0.1) is 12.4 Å². The number of hydrogen-bond acceptors (Lipinski definition) is 5. The molecule has 2 amide bonds. The first-order valence-electron chi connectivity index (χ1n) is 5.10. The van der Waals surface area contributed by atoms with Crippen molar-refractivity contribution in [3.63, 3.8) is 0 Å². The summed E-state index contributed by atoms with van der Waals surface area (Å²) in [4.78, 5) is 23.5. The zero-order valence-electron chi connectivity index (χ0n) is 9.54. The van der Waals surface area contributed by atoms with Crippen LogP contribution in [0.25, 0.3) is 0 Å². The first kappa shape index (κ1) is 11.8. The highest BCUT2D eigenvalue weighted by Gasteiger charge is 2.07. The van der Waals surface area contributed by atoms with Gasteiger partial charge in [0.2, 0.25) is 11.8 Å². The molecule has 94 valence electrons. The maximum absolute atomic E-state index is 11.6. The molecule has 0 aliphatic rings. The standard InChI is InChI=1S/C9H11N7O2/c1-6(17)12-8-4-11-16(15-8)5-9(18)13-7-2-3-10-14-7/h2-4H,5H2,1H3,(H,12,15,17)(H2,10,13,14,18). The predicted molar refractivity (Wildman–Crippen MR) is 61.5 cm³/mol. The third-order valence-corrected chi connectivity index (χ3v) is 1.90. The summed E-state index contributed by atoms with van der Waals surface area (Å²) in [7, 11) is 0. The minimum atomic E-state index is -0.302. The zero-order valence-corrected chi connectivity index (χ0v) is 9.54. The Morgan fingerprint density at radius 3 is 2.94 bits per heavy atom. The molecule has 2 aromatic heterocycles. The molecule has 0 saturated heterocycles. The average Bonchev–Trinajstić information content (AvgIpc) is 2.89. The Kier molecular flexibility index (Phi) is 3.32. The second-order valence-corrected chi connectivity index (χ2v) is 3.46. The van der Waals surface area contributed by atoms with Gasteiger partial charge < -0.3 is 10.6 Å². The molecule has 0 fully saturated rings. The lowest BCUT2D eigenvalue weighted by Crippen LogP contribution is -2.20. The van der Waals surface area contributed by atoms with Crippen molar-refractivity contribution in [2.24, 2.45) is 0 Å². The highest BCUT2D eigenvalue weighted by Crippen LogP contribution is 2.00. The van der Waals surface area contributed by atoms with E-state index >= 15 is 0 Å². The van der Waals surface area contributed by atoms with E-state index in [0.717, 1.165) is 0 Å². The van der Waals surface area contributed by atoms with Gasteiger partial charge in [-0.25, -0.2) is 0 Å². The van der Waals surface area contributed by atoms with Crippen LogP contribution >= 0.6 is 0 Å². The molecule has 18 heavy (non-hydrogen) atoms. The first-order chi connectivity index (χ1) is 8.63. The number of nitrogens with zero attached hydrogens (tertiary/aromatic N) is 4. The number of aromatic amines is 1. The molecule has 0 aliphatic heterocycles. The average molecular weight is 249 g/mol. The molecule has 9 heteroatoms. The Morgan fingerprint density at radius 2 is 2.28 bits per heavy atom. The number of nitrogens with one attached hydrogen (secondary N) is 3. The molecule has 2 rings (SSSR count). The highest BCUT2D eigenvalue weighted by atomic mass is 16.2. The molecule has 0 spiro atoms. The molecular formula is C9H11N7O2. The Bertz CT molecular complexity index is 545. The van der Waals surface area contributed by atoms with Crippen LogP contribution in [0.2, 0.25) is 0 Å². The van der Waals surface area contributed by atoms with Crippen molar-refractivity contribution in [1.82, 2.24) is 25.2 Å². The summed E-state index contributed by atoms with van der Waals surface area (Å²) >= 11 is 0. The number of hydrogen-bond donors (Lipinski definition) is 3. The van der Waals surface area contributed by atoms with Gasteiger partial charge in [0.15, 0.2) is 5.82 Å². The Labute approximate surface area is 102 Å². The third-order valence-electron chi connectivity index (χ3n) is 1.90. The number of anilines is 2. The van der Waals surface area contributed by atoms with Crippen molar-refractivity contribution < 1.29 is 9.59 Å². The maximum atomic E-state index is 11.6. The molecule has 3 N–H and O–H groups in total. The molecular weight excluding hydrogens is 238 g/mol. The first-order valence-corrected chi connectivity index (χ1v) is 5.10. The van der Waals surface area contributed by atoms with Crippen LogP contribution in [0.3, 0.4) is 0 Å². The van der Waals surface area contributed by atoms with Gasteiger partial charge in [-0.1, -0.05) is 0 Å². The van der Waals surface area contributed by atoms with Gasteiger partial charge in [0.25, 0.3) is 0 Å². The van der Waals surface area contributed by atoms with Crippen molar-refractivity contribution in [2.75, 3.05) is 10.6 Å². The summed E-state index contributed by atoms with van der Waals surface area (Å²) < 4.78 is 0. The van der Waals surface area contributed by atoms with Gasteiger partial charge >= 0.3 is 0 Å². The molecule has 0 aromatic carbocycles. The van der Waals surface area contributed by atoms with E-state index in [1.54, 1.807) is 6.07 Å². The largest absolute Gasteiger partial charge is 0.309 e. The SMILES string of the molecule is CC(=O)Nc1cnn(CC(=O)Nc2ccn[nH]2)n1. The lowest BCUT2D eigenvalue weighted by molar-refractivity contribution is -0.117. The number of amides is 2. The molecule has 9 nitrogen and oxygen atoms in total. The fraction of sp³-hybridized carbons (Fsp3) is 0.222. The van der Waals surface area contributed by atoms with Crippen LogP contribution in [-0.2, 0) is 16.1 Å². The number of aromatic nitrogens is 5. The van der Waals surface area contributed by atoms with Crippen LogP contribution < -0.4 is 10.6 Å². The second kappa shape index (κ2) is 5.08. The van der Waals surface area contributed by atoms with E-state index in [-0.39, 0.29) is 18.4 Å². The Balaban J connectivity index is 1.91. The van der Waals surface area contributed by atoms with E-state index in [9.17, 15) is 9.59 Å². The van der Waals surface area contributed by atoms with Crippen LogP contribution in [0, 0.1) is 0 Å². The normalized spacial score (nSPS) is 10.1. The highest BCUT2D eigenvalue weighted by molar-refractivity contribution is 5.89. The van der Waals surface area contributed by atoms with Gasteiger partial charge in [-0.15, -0.1) is 5.10 Å². The second-order valence-electron chi connectivity index (χ2n) is 3.46. The van der Waals surface area contributed by atoms with E-state index < -0.39 is 0 Å². The van der Waals surface area contributed by atoms with E-state index in [1.165, 1.54) is 24.1 Å². The number of carbonyl (C=O) groups is 2. The van der Waals surface area contributed by atoms with Crippen molar-refractivity contribution in [1.29, 1.82) is 0 Å². The van der Waals surface area contributed by atoms with Gasteiger partial charge in [0.1, 0.15) is 12.4 Å². The van der Waals surface area contributed by atoms with Crippen molar-refractivity contribution >= 4 is 23.5 Å². The van der Waals surface area contributed by atoms with Crippen LogP contribution in [0.5, 0.6) is 0 Å². The van der Waals surface area contributed by atoms with Crippen molar-refractivity contribution in [3.05, 3.63) is 18.5 Å². The molecule has 0 atom stereocenters. The van der Waals surface area contributed by atoms with Gasteiger partial charge in [-0.05, 0) is 0 Å². The monoisotopic (exact) mass is 249 g/mol. The minimum Gasteiger partial charge on any atom is -0.309 e. The summed E-state index contributed by atoms with van der Waals surface area (Å²) in [5.41, 5.74) is 0. The third kappa shape index (κ3) is 3.14. The summed E-state index contributed by atoms with van der Waals surface area (Å²) in [6, 6.07) is 1.62. The molecule has 0 bridgehead atoms. The fourth-order valence-corrected chi connectivity index (χ4v) is 1.25. The van der Waals surface area contributed by atoms with Gasteiger partial charge in [-0.2, -0.15) is 15.0 Å². The Morgan fingerprint density at radius 1 is 1.44 bits per heavy atom. The van der Waals surface area contributed by atoms with Gasteiger partial charge in [0, 0.05) is 13.0 Å². The zero-order chi connectivity index (χ0) is 13.0. The number of H-pyrrole nitrogens is 1.